The number of hydrogen-bond donors (Lipinski definition) is 1. The average Bonchev–Trinajstić information content (AvgIpc) is 2.73. The summed E-state index contributed by atoms with van der Waals surface area (Å²) in [6.07, 6.45) is 3.98. The molecule has 2 heterocycles. The molecule has 154 valence electrons. The number of likely N-dealkylation sites (tertiary alicyclic amines) is 2. The number of ether oxygens (including phenoxy) is 1. The largest absolute Gasteiger partial charge is 0.383 e. The van der Waals surface area contributed by atoms with Crippen molar-refractivity contribution < 1.29 is 14.3 Å². The molecule has 0 unspecified atom stereocenters. The van der Waals surface area contributed by atoms with E-state index in [4.69, 9.17) is 4.74 Å². The number of hydrogen-bond acceptors (Lipinski definition) is 4. The van der Waals surface area contributed by atoms with Gasteiger partial charge in [0.2, 0.25) is 5.91 Å². The van der Waals surface area contributed by atoms with Gasteiger partial charge in [-0.15, -0.1) is 0 Å². The van der Waals surface area contributed by atoms with Gasteiger partial charge in [-0.1, -0.05) is 17.7 Å². The maximum absolute atomic E-state index is 12.8. The molecule has 1 atom stereocenters. The number of carbonyl (C=O) groups is 2. The predicted octanol–water partition coefficient (Wildman–Crippen LogP) is 2.07. The van der Waals surface area contributed by atoms with E-state index in [9.17, 15) is 9.59 Å². The number of amides is 2. The van der Waals surface area contributed by atoms with Gasteiger partial charge in [-0.05, 0) is 51.3 Å². The van der Waals surface area contributed by atoms with Gasteiger partial charge in [0.1, 0.15) is 0 Å². The molecular formula is C22H33N3O3. The van der Waals surface area contributed by atoms with Gasteiger partial charge in [0.15, 0.2) is 0 Å². The van der Waals surface area contributed by atoms with Gasteiger partial charge < -0.3 is 15.0 Å². The van der Waals surface area contributed by atoms with Gasteiger partial charge in [0, 0.05) is 44.9 Å². The molecule has 6 nitrogen and oxygen atoms in total. The van der Waals surface area contributed by atoms with E-state index < -0.39 is 0 Å². The summed E-state index contributed by atoms with van der Waals surface area (Å²) in [7, 11) is 1.64. The first-order chi connectivity index (χ1) is 13.6. The summed E-state index contributed by atoms with van der Waals surface area (Å²) in [5, 5.41) is 2.98. The summed E-state index contributed by atoms with van der Waals surface area (Å²) in [6.45, 7) is 6.60. The molecule has 0 spiro atoms. The number of benzene rings is 1. The minimum absolute atomic E-state index is 0.0672. The van der Waals surface area contributed by atoms with Crippen LogP contribution in [0.15, 0.2) is 24.3 Å². The lowest BCUT2D eigenvalue weighted by Crippen LogP contribution is -2.51. The molecule has 0 bridgehead atoms. The zero-order valence-electron chi connectivity index (χ0n) is 17.2. The third-order valence-electron chi connectivity index (χ3n) is 5.96. The average molecular weight is 388 g/mol. The lowest BCUT2D eigenvalue weighted by molar-refractivity contribution is -0.127. The maximum atomic E-state index is 12.8. The lowest BCUT2D eigenvalue weighted by Gasteiger charge is -2.42. The summed E-state index contributed by atoms with van der Waals surface area (Å²) in [5.41, 5.74) is 1.90. The molecule has 3 rings (SSSR count). The highest BCUT2D eigenvalue weighted by molar-refractivity contribution is 5.94. The van der Waals surface area contributed by atoms with Crippen LogP contribution in [0.5, 0.6) is 0 Å². The molecule has 28 heavy (non-hydrogen) atoms. The Labute approximate surface area is 168 Å². The molecule has 1 aromatic carbocycles. The van der Waals surface area contributed by atoms with Crippen molar-refractivity contribution in [3.8, 4) is 0 Å². The molecule has 2 fully saturated rings. The Morgan fingerprint density at radius 3 is 2.68 bits per heavy atom. The van der Waals surface area contributed by atoms with Crippen LogP contribution < -0.4 is 5.32 Å². The van der Waals surface area contributed by atoms with Crippen molar-refractivity contribution in [2.24, 2.45) is 5.92 Å². The predicted molar refractivity (Wildman–Crippen MR) is 109 cm³/mol. The molecule has 0 radical (unpaired) electrons. The van der Waals surface area contributed by atoms with Gasteiger partial charge in [-0.25, -0.2) is 0 Å². The van der Waals surface area contributed by atoms with Gasteiger partial charge in [0.05, 0.1) is 12.5 Å². The monoisotopic (exact) mass is 387 g/mol. The molecule has 0 saturated carbocycles. The van der Waals surface area contributed by atoms with Crippen molar-refractivity contribution in [3.63, 3.8) is 0 Å². The Hall–Kier alpha value is -1.92. The Balaban J connectivity index is 1.49. The molecule has 1 N–H and O–H groups in total. The minimum atomic E-state index is 0.0672. The molecule has 0 aliphatic carbocycles. The van der Waals surface area contributed by atoms with E-state index in [0.717, 1.165) is 63.0 Å². The first-order valence-electron chi connectivity index (χ1n) is 10.4. The van der Waals surface area contributed by atoms with Crippen LogP contribution in [0, 0.1) is 12.8 Å². The van der Waals surface area contributed by atoms with Gasteiger partial charge >= 0.3 is 0 Å². The number of carbonyl (C=O) groups excluding carboxylic acids is 2. The molecule has 6 heteroatoms. The van der Waals surface area contributed by atoms with Crippen LogP contribution in [0.4, 0.5) is 0 Å². The van der Waals surface area contributed by atoms with Crippen molar-refractivity contribution in [2.45, 2.75) is 38.6 Å². The van der Waals surface area contributed by atoms with Crippen LogP contribution in [0.2, 0.25) is 0 Å². The quantitative estimate of drug-likeness (QED) is 0.759. The molecule has 2 amide bonds. The van der Waals surface area contributed by atoms with Crippen LogP contribution in [-0.4, -0.2) is 74.1 Å². The van der Waals surface area contributed by atoms with Gasteiger partial charge in [0.25, 0.3) is 5.91 Å². The van der Waals surface area contributed by atoms with E-state index in [-0.39, 0.29) is 17.7 Å². The number of piperidine rings is 2. The second kappa shape index (κ2) is 10.0. The molecular weight excluding hydrogens is 354 g/mol. The maximum Gasteiger partial charge on any atom is 0.253 e. The summed E-state index contributed by atoms with van der Waals surface area (Å²) in [5.74, 6) is 0.350. The minimum Gasteiger partial charge on any atom is -0.383 e. The number of nitrogens with one attached hydrogen (secondary N) is 1. The highest BCUT2D eigenvalue weighted by atomic mass is 16.5. The fourth-order valence-corrected chi connectivity index (χ4v) is 4.37. The first-order valence-corrected chi connectivity index (χ1v) is 10.4. The van der Waals surface area contributed by atoms with E-state index in [0.29, 0.717) is 19.2 Å². The normalized spacial score (nSPS) is 21.5. The summed E-state index contributed by atoms with van der Waals surface area (Å²) in [6, 6.07) is 8.29. The Bertz CT molecular complexity index is 671. The zero-order valence-corrected chi connectivity index (χ0v) is 17.2. The van der Waals surface area contributed by atoms with Crippen LogP contribution >= 0.6 is 0 Å². The lowest BCUT2D eigenvalue weighted by atomic mass is 9.93. The van der Waals surface area contributed by atoms with Gasteiger partial charge in [-0.3, -0.25) is 14.5 Å². The standard InChI is InChI=1S/C22H33N3O3/c1-17-5-3-6-18(15-17)22(27)24-12-8-20(9-13-24)25-11-4-7-19(16-25)21(26)23-10-14-28-2/h3,5-6,15,19-20H,4,7-14,16H2,1-2H3,(H,23,26)/t19-/m1/s1. The highest BCUT2D eigenvalue weighted by Crippen LogP contribution is 2.25. The summed E-state index contributed by atoms with van der Waals surface area (Å²) in [4.78, 5) is 29.6. The highest BCUT2D eigenvalue weighted by Gasteiger charge is 2.32. The van der Waals surface area contributed by atoms with Crippen LogP contribution in [0.25, 0.3) is 0 Å². The number of nitrogens with zero attached hydrogens (tertiary/aromatic N) is 2. The Morgan fingerprint density at radius 1 is 1.18 bits per heavy atom. The van der Waals surface area contributed by atoms with Crippen molar-refractivity contribution in [2.75, 3.05) is 46.4 Å². The molecule has 2 saturated heterocycles. The molecule has 1 aromatic rings. The van der Waals surface area contributed by atoms with Crippen molar-refractivity contribution in [1.82, 2.24) is 15.1 Å². The summed E-state index contributed by atoms with van der Waals surface area (Å²) >= 11 is 0. The first kappa shape index (κ1) is 20.8. The fraction of sp³-hybridized carbons (Fsp3) is 0.636. The van der Waals surface area contributed by atoms with Crippen LogP contribution in [0.1, 0.15) is 41.6 Å². The SMILES string of the molecule is COCCNC(=O)[C@@H]1CCCN(C2CCN(C(=O)c3cccc(C)c3)CC2)C1. The van der Waals surface area contributed by atoms with E-state index in [1.54, 1.807) is 7.11 Å². The second-order valence-electron chi connectivity index (χ2n) is 8.01. The molecule has 0 aromatic heterocycles. The van der Waals surface area contributed by atoms with E-state index >= 15 is 0 Å². The molecule has 2 aliphatic heterocycles. The topological polar surface area (TPSA) is 61.9 Å². The van der Waals surface area contributed by atoms with Crippen molar-refractivity contribution >= 4 is 11.8 Å². The second-order valence-corrected chi connectivity index (χ2v) is 8.01. The van der Waals surface area contributed by atoms with Crippen molar-refractivity contribution in [1.29, 1.82) is 0 Å². The fourth-order valence-electron chi connectivity index (χ4n) is 4.37. The van der Waals surface area contributed by atoms with E-state index in [1.165, 1.54) is 0 Å². The smallest absolute Gasteiger partial charge is 0.253 e. The number of aryl methyl sites for hydroxylation is 1. The van der Waals surface area contributed by atoms with E-state index in [1.807, 2.05) is 36.1 Å². The van der Waals surface area contributed by atoms with Crippen molar-refractivity contribution in [3.05, 3.63) is 35.4 Å². The van der Waals surface area contributed by atoms with Crippen LogP contribution in [-0.2, 0) is 9.53 Å². The number of rotatable bonds is 6. The van der Waals surface area contributed by atoms with E-state index in [2.05, 4.69) is 10.2 Å². The van der Waals surface area contributed by atoms with Gasteiger partial charge in [-0.2, -0.15) is 0 Å². The summed E-state index contributed by atoms with van der Waals surface area (Å²) < 4.78 is 5.01. The zero-order chi connectivity index (χ0) is 19.9. The Morgan fingerprint density at radius 2 is 1.96 bits per heavy atom. The molecule has 2 aliphatic rings. The Kier molecular flexibility index (Phi) is 7.45. The third kappa shape index (κ3) is 5.32. The number of methoxy groups -OCH3 is 1. The third-order valence-corrected chi connectivity index (χ3v) is 5.96. The van der Waals surface area contributed by atoms with Crippen LogP contribution in [0.3, 0.4) is 0 Å².